The van der Waals surface area contributed by atoms with Gasteiger partial charge in [0.05, 0.1) is 6.61 Å². The van der Waals surface area contributed by atoms with Gasteiger partial charge in [0.15, 0.2) is 0 Å². The molecule has 0 rings (SSSR count). The van der Waals surface area contributed by atoms with Crippen LogP contribution in [0.15, 0.2) is 0 Å². The van der Waals surface area contributed by atoms with Crippen molar-refractivity contribution in [1.82, 2.24) is 5.32 Å². The van der Waals surface area contributed by atoms with Gasteiger partial charge >= 0.3 is 0 Å². The van der Waals surface area contributed by atoms with E-state index < -0.39 is 5.91 Å². The molecule has 0 aromatic carbocycles. The molecule has 0 aromatic heterocycles. The van der Waals surface area contributed by atoms with E-state index in [1.807, 2.05) is 0 Å². The number of methoxy groups -OCH3 is 1. The van der Waals surface area contributed by atoms with Crippen LogP contribution in [0.2, 0.25) is 0 Å². The predicted octanol–water partition coefficient (Wildman–Crippen LogP) is 0.220. The van der Waals surface area contributed by atoms with Crippen molar-refractivity contribution in [2.45, 2.75) is 13.8 Å². The predicted molar refractivity (Wildman–Crippen MR) is 46.8 cm³/mol. The van der Waals surface area contributed by atoms with Gasteiger partial charge < -0.3 is 10.1 Å². The first-order valence-electron chi connectivity index (χ1n) is 3.90. The van der Waals surface area contributed by atoms with Crippen LogP contribution >= 0.6 is 0 Å². The fourth-order valence-electron chi connectivity index (χ4n) is 0.616. The normalized spacial score (nSPS) is 10.0. The fraction of sp³-hybridized carbons (Fsp3) is 0.750. The molecule has 0 saturated heterocycles. The van der Waals surface area contributed by atoms with E-state index in [1.54, 1.807) is 13.8 Å². The Morgan fingerprint density at radius 2 is 2.08 bits per heavy atom. The van der Waals surface area contributed by atoms with Gasteiger partial charge in [0.25, 0.3) is 5.91 Å². The number of carbonyl (C=O) groups excluding carboxylic acids is 2. The van der Waals surface area contributed by atoms with Gasteiger partial charge in [0.1, 0.15) is 0 Å². The summed E-state index contributed by atoms with van der Waals surface area (Å²) in [4.78, 5) is 21.9. The summed E-state index contributed by atoms with van der Waals surface area (Å²) >= 11 is 0. The highest BCUT2D eigenvalue weighted by atomic mass is 16.5. The molecule has 0 aliphatic rings. The van der Waals surface area contributed by atoms with Crippen molar-refractivity contribution in [3.05, 3.63) is 0 Å². The van der Waals surface area contributed by atoms with E-state index in [4.69, 9.17) is 4.74 Å². The topological polar surface area (TPSA) is 55.4 Å². The molecule has 0 bridgehead atoms. The quantitative estimate of drug-likeness (QED) is 0.480. The zero-order valence-corrected chi connectivity index (χ0v) is 7.72. The minimum Gasteiger partial charge on any atom is -0.383 e. The number of ketones is 1. The Morgan fingerprint density at radius 1 is 1.50 bits per heavy atom. The lowest BCUT2D eigenvalue weighted by Gasteiger charge is -2.04. The fourth-order valence-corrected chi connectivity index (χ4v) is 0.616. The molecule has 1 amide bonds. The van der Waals surface area contributed by atoms with Gasteiger partial charge in [-0.3, -0.25) is 9.59 Å². The van der Waals surface area contributed by atoms with E-state index in [2.05, 4.69) is 5.32 Å². The SMILES string of the molecule is COCCNC(=O)C(=O)C(C)C.[HH]. The summed E-state index contributed by atoms with van der Waals surface area (Å²) < 4.78 is 4.71. The highest BCUT2D eigenvalue weighted by Gasteiger charge is 2.15. The smallest absolute Gasteiger partial charge is 0.287 e. The van der Waals surface area contributed by atoms with Gasteiger partial charge in [-0.15, -0.1) is 0 Å². The van der Waals surface area contributed by atoms with Crippen LogP contribution < -0.4 is 5.32 Å². The van der Waals surface area contributed by atoms with Crippen LogP contribution in [0.5, 0.6) is 0 Å². The average molecular weight is 175 g/mol. The Labute approximate surface area is 73.8 Å². The second kappa shape index (κ2) is 5.71. The lowest BCUT2D eigenvalue weighted by atomic mass is 10.1. The Balaban J connectivity index is 0. The summed E-state index contributed by atoms with van der Waals surface area (Å²) in [7, 11) is 1.54. The van der Waals surface area contributed by atoms with E-state index in [0.29, 0.717) is 13.2 Å². The maximum absolute atomic E-state index is 11.0. The van der Waals surface area contributed by atoms with Crippen LogP contribution in [0.1, 0.15) is 15.3 Å². The summed E-state index contributed by atoms with van der Waals surface area (Å²) in [5, 5.41) is 2.45. The molecular formula is C8H17NO3. The van der Waals surface area contributed by atoms with Crippen LogP contribution in [0.4, 0.5) is 0 Å². The number of amides is 1. The van der Waals surface area contributed by atoms with Gasteiger partial charge in [0.2, 0.25) is 5.78 Å². The van der Waals surface area contributed by atoms with E-state index >= 15 is 0 Å². The number of ether oxygens (including phenoxy) is 1. The summed E-state index contributed by atoms with van der Waals surface area (Å²) in [6.07, 6.45) is 0. The van der Waals surface area contributed by atoms with Crippen LogP contribution in [-0.2, 0) is 14.3 Å². The molecule has 0 aromatic rings. The number of carbonyl (C=O) groups is 2. The summed E-state index contributed by atoms with van der Waals surface area (Å²) in [6.45, 7) is 4.20. The number of hydrogen-bond acceptors (Lipinski definition) is 3. The average Bonchev–Trinajstić information content (AvgIpc) is 2.03. The van der Waals surface area contributed by atoms with Gasteiger partial charge in [-0.2, -0.15) is 0 Å². The maximum atomic E-state index is 11.0. The first-order chi connectivity index (χ1) is 5.59. The molecule has 4 heteroatoms. The number of hydrogen-bond donors (Lipinski definition) is 1. The molecule has 0 unspecified atom stereocenters. The zero-order valence-electron chi connectivity index (χ0n) is 7.72. The van der Waals surface area contributed by atoms with E-state index in [1.165, 1.54) is 7.11 Å². The highest BCUT2D eigenvalue weighted by molar-refractivity contribution is 6.36. The molecule has 0 aliphatic heterocycles. The van der Waals surface area contributed by atoms with Gasteiger partial charge in [-0.05, 0) is 0 Å². The first kappa shape index (κ1) is 11.1. The van der Waals surface area contributed by atoms with Crippen molar-refractivity contribution in [1.29, 1.82) is 0 Å². The summed E-state index contributed by atoms with van der Waals surface area (Å²) in [5.41, 5.74) is 0. The summed E-state index contributed by atoms with van der Waals surface area (Å²) in [6, 6.07) is 0. The third kappa shape index (κ3) is 4.08. The zero-order chi connectivity index (χ0) is 9.56. The molecule has 0 aliphatic carbocycles. The van der Waals surface area contributed by atoms with Crippen molar-refractivity contribution in [3.8, 4) is 0 Å². The lowest BCUT2D eigenvalue weighted by Crippen LogP contribution is -2.35. The standard InChI is InChI=1S/C8H15NO3.H2/c1-6(2)7(10)8(11)9-4-5-12-3;/h6H,4-5H2,1-3H3,(H,9,11);1H. The van der Waals surface area contributed by atoms with Gasteiger partial charge in [0, 0.05) is 21.0 Å². The third-order valence-electron chi connectivity index (χ3n) is 1.34. The molecule has 72 valence electrons. The van der Waals surface area contributed by atoms with Crippen LogP contribution in [0, 0.1) is 5.92 Å². The van der Waals surface area contributed by atoms with Crippen molar-refractivity contribution < 1.29 is 15.8 Å². The Kier molecular flexibility index (Phi) is 5.28. The molecule has 0 atom stereocenters. The molecule has 12 heavy (non-hydrogen) atoms. The van der Waals surface area contributed by atoms with Crippen molar-refractivity contribution in [2.24, 2.45) is 5.92 Å². The van der Waals surface area contributed by atoms with Crippen LogP contribution in [0.3, 0.4) is 0 Å². The minimum atomic E-state index is -0.526. The lowest BCUT2D eigenvalue weighted by molar-refractivity contribution is -0.139. The highest BCUT2D eigenvalue weighted by Crippen LogP contribution is 1.92. The Bertz CT molecular complexity index is 171. The summed E-state index contributed by atoms with van der Waals surface area (Å²) in [5.74, 6) is -1.15. The maximum Gasteiger partial charge on any atom is 0.287 e. The molecule has 0 heterocycles. The first-order valence-corrected chi connectivity index (χ1v) is 3.90. The Hall–Kier alpha value is -0.900. The molecule has 0 saturated carbocycles. The van der Waals surface area contributed by atoms with Crippen molar-refractivity contribution in [2.75, 3.05) is 20.3 Å². The van der Waals surface area contributed by atoms with Crippen molar-refractivity contribution >= 4 is 11.7 Å². The molecule has 0 fully saturated rings. The second-order valence-corrected chi connectivity index (χ2v) is 2.77. The molecule has 4 nitrogen and oxygen atoms in total. The van der Waals surface area contributed by atoms with E-state index in [-0.39, 0.29) is 13.1 Å². The van der Waals surface area contributed by atoms with Crippen LogP contribution in [0.25, 0.3) is 0 Å². The minimum absolute atomic E-state index is 0. The molecule has 0 spiro atoms. The molecule has 0 radical (unpaired) electrons. The van der Waals surface area contributed by atoms with E-state index in [9.17, 15) is 9.59 Å². The van der Waals surface area contributed by atoms with Gasteiger partial charge in [-0.1, -0.05) is 13.8 Å². The van der Waals surface area contributed by atoms with E-state index in [0.717, 1.165) is 0 Å². The Morgan fingerprint density at radius 3 is 2.50 bits per heavy atom. The van der Waals surface area contributed by atoms with Crippen molar-refractivity contribution in [3.63, 3.8) is 0 Å². The van der Waals surface area contributed by atoms with Crippen LogP contribution in [-0.4, -0.2) is 32.0 Å². The monoisotopic (exact) mass is 175 g/mol. The number of rotatable bonds is 5. The number of Topliss-reactive ketones (excluding diaryl/α,β-unsaturated/α-hetero) is 1. The second-order valence-electron chi connectivity index (χ2n) is 2.77. The largest absolute Gasteiger partial charge is 0.383 e. The molecular weight excluding hydrogens is 158 g/mol. The number of nitrogens with one attached hydrogen (secondary N) is 1. The molecule has 1 N–H and O–H groups in total. The van der Waals surface area contributed by atoms with Gasteiger partial charge in [-0.25, -0.2) is 0 Å². The third-order valence-corrected chi connectivity index (χ3v) is 1.34.